The number of unbranched alkanes of at least 4 members (excludes halogenated alkanes) is 3. The van der Waals surface area contributed by atoms with Gasteiger partial charge in [0.25, 0.3) is 0 Å². The molecule has 0 aliphatic heterocycles. The molecule has 0 rings (SSSR count). The lowest BCUT2D eigenvalue weighted by atomic mass is 10.2. The zero-order valence-electron chi connectivity index (χ0n) is 9.05. The van der Waals surface area contributed by atoms with Gasteiger partial charge in [0, 0.05) is 13.6 Å². The highest BCUT2D eigenvalue weighted by molar-refractivity contribution is 4.48. The first-order chi connectivity index (χ1) is 6.91. The lowest BCUT2D eigenvalue weighted by Crippen LogP contribution is -2.22. The Hall–Kier alpha value is -0.200. The predicted molar refractivity (Wildman–Crippen MR) is 56.5 cm³/mol. The lowest BCUT2D eigenvalue weighted by molar-refractivity contribution is 0.0550. The minimum absolute atomic E-state index is 0.579. The van der Waals surface area contributed by atoms with E-state index in [0.29, 0.717) is 6.61 Å². The third-order valence-corrected chi connectivity index (χ3v) is 1.89. The molecule has 14 heavy (non-hydrogen) atoms. The first-order valence-electron chi connectivity index (χ1n) is 5.22. The summed E-state index contributed by atoms with van der Waals surface area (Å²) >= 11 is 0. The highest BCUT2D eigenvalue weighted by atomic mass is 16.6. The fourth-order valence-electron chi connectivity index (χ4n) is 1.14. The van der Waals surface area contributed by atoms with Gasteiger partial charge < -0.3 is 15.0 Å². The Morgan fingerprint density at radius 1 is 1.00 bits per heavy atom. The molecular weight excluding hydrogens is 182 g/mol. The third kappa shape index (κ3) is 11.8. The fraction of sp³-hybridized carbons (Fsp3) is 1.00. The number of hydrogen-bond donors (Lipinski definition) is 3. The average molecular weight is 205 g/mol. The molecule has 0 bridgehead atoms. The number of nitrogens with two attached hydrogens (primary N) is 1. The second-order valence-electron chi connectivity index (χ2n) is 3.09. The van der Waals surface area contributed by atoms with E-state index in [4.69, 9.17) is 10.7 Å². The smallest absolute Gasteiger partial charge is 0.0803 e. The van der Waals surface area contributed by atoms with Gasteiger partial charge in [-0.2, -0.15) is 0 Å². The van der Waals surface area contributed by atoms with Crippen molar-refractivity contribution in [3.05, 3.63) is 0 Å². The quantitative estimate of drug-likeness (QED) is 0.331. The van der Waals surface area contributed by atoms with Gasteiger partial charge in [-0.15, -0.1) is 0 Å². The van der Waals surface area contributed by atoms with Gasteiger partial charge in [0.2, 0.25) is 0 Å². The van der Waals surface area contributed by atoms with Crippen LogP contribution in [0.5, 0.6) is 0 Å². The second kappa shape index (κ2) is 12.8. The van der Waals surface area contributed by atoms with Crippen molar-refractivity contribution in [3.63, 3.8) is 0 Å². The number of nitrogens with one attached hydrogen (secondary N) is 2. The Labute approximate surface area is 86.2 Å². The lowest BCUT2D eigenvalue weighted by Gasteiger charge is -2.03. The van der Waals surface area contributed by atoms with E-state index >= 15 is 0 Å². The second-order valence-corrected chi connectivity index (χ2v) is 3.09. The maximum atomic E-state index is 5.00. The standard InChI is InChI=1S/C9H23N3O2/c1-11-14-8-5-3-2-4-6-12-7-9-13-10/h11-12H,2-10H2,1H3. The first-order valence-corrected chi connectivity index (χ1v) is 5.22. The highest BCUT2D eigenvalue weighted by Crippen LogP contribution is 1.98. The van der Waals surface area contributed by atoms with E-state index in [0.717, 1.165) is 26.1 Å². The predicted octanol–water partition coefficient (Wildman–Crippen LogP) is 0.178. The Balaban J connectivity index is 2.78. The van der Waals surface area contributed by atoms with Crippen LogP contribution < -0.4 is 16.7 Å². The van der Waals surface area contributed by atoms with Gasteiger partial charge in [0.05, 0.1) is 13.2 Å². The largest absolute Gasteiger partial charge is 0.314 e. The van der Waals surface area contributed by atoms with Crippen molar-refractivity contribution in [3.8, 4) is 0 Å². The van der Waals surface area contributed by atoms with Crippen LogP contribution in [0.15, 0.2) is 0 Å². The number of hydroxylamine groups is 1. The summed E-state index contributed by atoms with van der Waals surface area (Å²) in [5.74, 6) is 4.88. The SMILES string of the molecule is CNOCCCCCCNCCON. The van der Waals surface area contributed by atoms with Crippen molar-refractivity contribution < 1.29 is 9.68 Å². The van der Waals surface area contributed by atoms with Crippen LogP contribution in [0.3, 0.4) is 0 Å². The van der Waals surface area contributed by atoms with Crippen LogP contribution in [-0.2, 0) is 9.68 Å². The Morgan fingerprint density at radius 2 is 1.79 bits per heavy atom. The molecule has 0 saturated carbocycles. The van der Waals surface area contributed by atoms with E-state index in [1.165, 1.54) is 19.3 Å². The summed E-state index contributed by atoms with van der Waals surface area (Å²) in [5, 5.41) is 3.24. The van der Waals surface area contributed by atoms with Gasteiger partial charge in [-0.3, -0.25) is 0 Å². The molecule has 5 heteroatoms. The molecule has 0 aliphatic carbocycles. The molecule has 0 aliphatic rings. The molecule has 0 atom stereocenters. The number of rotatable bonds is 11. The number of hydrogen-bond acceptors (Lipinski definition) is 5. The topological polar surface area (TPSA) is 68.5 Å². The molecule has 0 aromatic carbocycles. The molecule has 0 amide bonds. The molecule has 0 spiro atoms. The van der Waals surface area contributed by atoms with Crippen molar-refractivity contribution >= 4 is 0 Å². The summed E-state index contributed by atoms with van der Waals surface area (Å²) in [4.78, 5) is 9.42. The van der Waals surface area contributed by atoms with Crippen LogP contribution in [0, 0.1) is 0 Å². The fourth-order valence-corrected chi connectivity index (χ4v) is 1.14. The monoisotopic (exact) mass is 205 g/mol. The van der Waals surface area contributed by atoms with Gasteiger partial charge in [0.15, 0.2) is 0 Å². The van der Waals surface area contributed by atoms with Gasteiger partial charge >= 0.3 is 0 Å². The van der Waals surface area contributed by atoms with Crippen LogP contribution in [0.25, 0.3) is 0 Å². The van der Waals surface area contributed by atoms with E-state index in [9.17, 15) is 0 Å². The summed E-state index contributed by atoms with van der Waals surface area (Å²) < 4.78 is 0. The molecule has 0 aromatic heterocycles. The molecule has 0 unspecified atom stereocenters. The van der Waals surface area contributed by atoms with Crippen LogP contribution in [0.1, 0.15) is 25.7 Å². The maximum absolute atomic E-state index is 5.00. The van der Waals surface area contributed by atoms with Crippen molar-refractivity contribution in [1.82, 2.24) is 10.8 Å². The van der Waals surface area contributed by atoms with Crippen molar-refractivity contribution in [2.75, 3.05) is 33.4 Å². The van der Waals surface area contributed by atoms with Gasteiger partial charge in [-0.1, -0.05) is 12.8 Å². The van der Waals surface area contributed by atoms with E-state index in [2.05, 4.69) is 15.6 Å². The molecule has 0 heterocycles. The van der Waals surface area contributed by atoms with E-state index in [-0.39, 0.29) is 0 Å². The van der Waals surface area contributed by atoms with Gasteiger partial charge in [0.1, 0.15) is 0 Å². The van der Waals surface area contributed by atoms with Crippen LogP contribution in [0.4, 0.5) is 0 Å². The molecule has 0 radical (unpaired) electrons. The van der Waals surface area contributed by atoms with Crippen LogP contribution >= 0.6 is 0 Å². The summed E-state index contributed by atoms with van der Waals surface area (Å²) in [6.45, 7) is 3.25. The Kier molecular flexibility index (Phi) is 12.6. The highest BCUT2D eigenvalue weighted by Gasteiger charge is 1.90. The third-order valence-electron chi connectivity index (χ3n) is 1.89. The molecule has 0 saturated heterocycles. The summed E-state index contributed by atoms with van der Waals surface area (Å²) in [6, 6.07) is 0. The van der Waals surface area contributed by atoms with Gasteiger partial charge in [-0.25, -0.2) is 11.4 Å². The maximum Gasteiger partial charge on any atom is 0.0803 e. The molecular formula is C9H23N3O2. The molecule has 86 valence electrons. The molecule has 0 aromatic rings. The Morgan fingerprint density at radius 3 is 2.50 bits per heavy atom. The van der Waals surface area contributed by atoms with Crippen molar-refractivity contribution in [2.45, 2.75) is 25.7 Å². The summed E-state index contributed by atoms with van der Waals surface area (Å²) in [6.07, 6.45) is 4.77. The van der Waals surface area contributed by atoms with Crippen LogP contribution in [-0.4, -0.2) is 33.4 Å². The molecule has 5 nitrogen and oxygen atoms in total. The zero-order chi connectivity index (χ0) is 10.5. The van der Waals surface area contributed by atoms with E-state index < -0.39 is 0 Å². The average Bonchev–Trinajstić information content (AvgIpc) is 2.21. The van der Waals surface area contributed by atoms with E-state index in [1.807, 2.05) is 0 Å². The van der Waals surface area contributed by atoms with Crippen molar-refractivity contribution in [2.24, 2.45) is 5.90 Å². The minimum Gasteiger partial charge on any atom is -0.314 e. The van der Waals surface area contributed by atoms with Crippen molar-refractivity contribution in [1.29, 1.82) is 0 Å². The summed E-state index contributed by atoms with van der Waals surface area (Å²) in [5.41, 5.74) is 2.65. The molecule has 4 N–H and O–H groups in total. The normalized spacial score (nSPS) is 10.7. The zero-order valence-corrected chi connectivity index (χ0v) is 9.05. The van der Waals surface area contributed by atoms with Gasteiger partial charge in [-0.05, 0) is 19.4 Å². The Bertz CT molecular complexity index is 92.1. The summed E-state index contributed by atoms with van der Waals surface area (Å²) in [7, 11) is 1.78. The minimum atomic E-state index is 0.579. The molecule has 0 fully saturated rings. The van der Waals surface area contributed by atoms with E-state index in [1.54, 1.807) is 7.05 Å². The first kappa shape index (κ1) is 13.8. The van der Waals surface area contributed by atoms with Crippen LogP contribution in [0.2, 0.25) is 0 Å².